The zero-order valence-electron chi connectivity index (χ0n) is 8.63. The second-order valence-corrected chi connectivity index (χ2v) is 3.68. The third-order valence-corrected chi connectivity index (χ3v) is 2.43. The Labute approximate surface area is 79.5 Å². The fourth-order valence-electron chi connectivity index (χ4n) is 0.841. The minimum Gasteiger partial charge on any atom is -0.394 e. The Bertz CT molecular complexity index is 167. The molecule has 4 N–H and O–H groups in total. The standard InChI is InChI=1S/C9H20N2O2/c1-4-9(3,6-10)8(13)11-7(2)5-12/h7,12H,4-6,10H2,1-3H3,(H,11,13)/t7-,9?/m0/s1. The minimum atomic E-state index is -0.510. The van der Waals surface area contributed by atoms with Gasteiger partial charge in [0.15, 0.2) is 0 Å². The van der Waals surface area contributed by atoms with Gasteiger partial charge in [0.2, 0.25) is 5.91 Å². The fourth-order valence-corrected chi connectivity index (χ4v) is 0.841. The second-order valence-electron chi connectivity index (χ2n) is 3.68. The number of nitrogens with two attached hydrogens (primary N) is 1. The molecule has 4 nitrogen and oxygen atoms in total. The molecule has 1 unspecified atom stereocenters. The molecule has 0 heterocycles. The lowest BCUT2D eigenvalue weighted by Crippen LogP contribution is -2.47. The van der Waals surface area contributed by atoms with Crippen molar-refractivity contribution in [3.63, 3.8) is 0 Å². The molecule has 0 aromatic heterocycles. The number of nitrogens with one attached hydrogen (secondary N) is 1. The summed E-state index contributed by atoms with van der Waals surface area (Å²) in [7, 11) is 0. The van der Waals surface area contributed by atoms with Crippen molar-refractivity contribution in [2.45, 2.75) is 33.2 Å². The summed E-state index contributed by atoms with van der Waals surface area (Å²) in [6.45, 7) is 5.79. The number of carbonyl (C=O) groups excluding carboxylic acids is 1. The van der Waals surface area contributed by atoms with E-state index in [9.17, 15) is 4.79 Å². The lowest BCUT2D eigenvalue weighted by Gasteiger charge is -2.26. The fraction of sp³-hybridized carbons (Fsp3) is 0.889. The maximum absolute atomic E-state index is 11.6. The van der Waals surface area contributed by atoms with Crippen LogP contribution in [-0.4, -0.2) is 30.2 Å². The molecule has 0 aliphatic carbocycles. The quantitative estimate of drug-likeness (QED) is 0.562. The van der Waals surface area contributed by atoms with E-state index < -0.39 is 5.41 Å². The zero-order valence-corrected chi connectivity index (χ0v) is 8.63. The number of hydrogen-bond donors (Lipinski definition) is 3. The lowest BCUT2D eigenvalue weighted by atomic mass is 9.86. The van der Waals surface area contributed by atoms with Crippen LogP contribution in [0.15, 0.2) is 0 Å². The Kier molecular flexibility index (Phi) is 4.95. The van der Waals surface area contributed by atoms with Gasteiger partial charge in [-0.3, -0.25) is 4.79 Å². The molecule has 0 fully saturated rings. The van der Waals surface area contributed by atoms with Crippen LogP contribution in [0.2, 0.25) is 0 Å². The van der Waals surface area contributed by atoms with Crippen molar-refractivity contribution in [2.75, 3.05) is 13.2 Å². The Morgan fingerprint density at radius 2 is 2.23 bits per heavy atom. The normalized spacial score (nSPS) is 17.6. The number of aliphatic hydroxyl groups is 1. The van der Waals surface area contributed by atoms with E-state index in [1.165, 1.54) is 0 Å². The smallest absolute Gasteiger partial charge is 0.227 e. The predicted octanol–water partition coefficient (Wildman–Crippen LogP) is -0.142. The van der Waals surface area contributed by atoms with Crippen molar-refractivity contribution >= 4 is 5.91 Å². The summed E-state index contributed by atoms with van der Waals surface area (Å²) in [6.07, 6.45) is 0.702. The first-order valence-corrected chi connectivity index (χ1v) is 4.62. The van der Waals surface area contributed by atoms with Gasteiger partial charge in [0.1, 0.15) is 0 Å². The van der Waals surface area contributed by atoms with Crippen molar-refractivity contribution in [2.24, 2.45) is 11.1 Å². The summed E-state index contributed by atoms with van der Waals surface area (Å²) in [6, 6.07) is -0.204. The monoisotopic (exact) mass is 188 g/mol. The van der Waals surface area contributed by atoms with E-state index >= 15 is 0 Å². The Morgan fingerprint density at radius 3 is 2.54 bits per heavy atom. The van der Waals surface area contributed by atoms with Crippen LogP contribution in [0.25, 0.3) is 0 Å². The van der Waals surface area contributed by atoms with Crippen LogP contribution in [0.5, 0.6) is 0 Å². The first kappa shape index (κ1) is 12.4. The molecule has 0 aliphatic heterocycles. The van der Waals surface area contributed by atoms with E-state index in [0.717, 1.165) is 0 Å². The van der Waals surface area contributed by atoms with E-state index in [4.69, 9.17) is 10.8 Å². The molecular formula is C9H20N2O2. The number of aliphatic hydroxyl groups excluding tert-OH is 1. The highest BCUT2D eigenvalue weighted by molar-refractivity contribution is 5.82. The SMILES string of the molecule is CCC(C)(CN)C(=O)N[C@@H](C)CO. The third-order valence-electron chi connectivity index (χ3n) is 2.43. The van der Waals surface area contributed by atoms with Gasteiger partial charge in [-0.15, -0.1) is 0 Å². The van der Waals surface area contributed by atoms with Gasteiger partial charge in [-0.25, -0.2) is 0 Å². The lowest BCUT2D eigenvalue weighted by molar-refractivity contribution is -0.130. The van der Waals surface area contributed by atoms with Gasteiger partial charge < -0.3 is 16.2 Å². The number of hydrogen-bond acceptors (Lipinski definition) is 3. The maximum Gasteiger partial charge on any atom is 0.227 e. The first-order valence-electron chi connectivity index (χ1n) is 4.62. The van der Waals surface area contributed by atoms with Crippen LogP contribution in [0.4, 0.5) is 0 Å². The summed E-state index contributed by atoms with van der Waals surface area (Å²) in [5.41, 5.74) is 5.00. The average Bonchev–Trinajstić information content (AvgIpc) is 2.16. The van der Waals surface area contributed by atoms with Gasteiger partial charge in [-0.1, -0.05) is 6.92 Å². The van der Waals surface area contributed by atoms with Crippen LogP contribution >= 0.6 is 0 Å². The second kappa shape index (κ2) is 5.19. The first-order chi connectivity index (χ1) is 6.00. The summed E-state index contributed by atoms with van der Waals surface area (Å²) in [5.74, 6) is -0.0842. The van der Waals surface area contributed by atoms with Crippen molar-refractivity contribution in [1.82, 2.24) is 5.32 Å². The van der Waals surface area contributed by atoms with Crippen LogP contribution in [0.1, 0.15) is 27.2 Å². The molecule has 0 spiro atoms. The molecule has 0 aliphatic rings. The van der Waals surface area contributed by atoms with Crippen LogP contribution in [0.3, 0.4) is 0 Å². The third kappa shape index (κ3) is 3.32. The molecule has 0 saturated heterocycles. The minimum absolute atomic E-state index is 0.0455. The molecule has 0 aromatic carbocycles. The van der Waals surface area contributed by atoms with Crippen LogP contribution in [0, 0.1) is 5.41 Å². The van der Waals surface area contributed by atoms with Crippen molar-refractivity contribution in [1.29, 1.82) is 0 Å². The van der Waals surface area contributed by atoms with Crippen molar-refractivity contribution < 1.29 is 9.90 Å². The molecule has 4 heteroatoms. The summed E-state index contributed by atoms with van der Waals surface area (Å²) in [5, 5.41) is 11.5. The van der Waals surface area contributed by atoms with E-state index in [0.29, 0.717) is 13.0 Å². The topological polar surface area (TPSA) is 75.4 Å². The van der Waals surface area contributed by atoms with Crippen molar-refractivity contribution in [3.05, 3.63) is 0 Å². The molecule has 0 radical (unpaired) electrons. The number of amides is 1. The molecule has 13 heavy (non-hydrogen) atoms. The van der Waals surface area contributed by atoms with Gasteiger partial charge in [-0.05, 0) is 20.3 Å². The average molecular weight is 188 g/mol. The van der Waals surface area contributed by atoms with E-state index in [1.807, 2.05) is 13.8 Å². The van der Waals surface area contributed by atoms with Gasteiger partial charge >= 0.3 is 0 Å². The summed E-state index contributed by atoms with van der Waals surface area (Å²) in [4.78, 5) is 11.6. The Hall–Kier alpha value is -0.610. The largest absolute Gasteiger partial charge is 0.394 e. The molecule has 2 atom stereocenters. The van der Waals surface area contributed by atoms with Gasteiger partial charge in [0.05, 0.1) is 12.0 Å². The van der Waals surface area contributed by atoms with E-state index in [1.54, 1.807) is 6.92 Å². The highest BCUT2D eigenvalue weighted by Gasteiger charge is 2.30. The Balaban J connectivity index is 4.22. The van der Waals surface area contributed by atoms with Gasteiger partial charge in [0, 0.05) is 12.6 Å². The van der Waals surface area contributed by atoms with Gasteiger partial charge in [-0.2, -0.15) is 0 Å². The van der Waals surface area contributed by atoms with Gasteiger partial charge in [0.25, 0.3) is 0 Å². The molecule has 0 saturated carbocycles. The molecular weight excluding hydrogens is 168 g/mol. The predicted molar refractivity (Wildman–Crippen MR) is 52.1 cm³/mol. The summed E-state index contributed by atoms with van der Waals surface area (Å²) < 4.78 is 0. The summed E-state index contributed by atoms with van der Waals surface area (Å²) >= 11 is 0. The van der Waals surface area contributed by atoms with E-state index in [2.05, 4.69) is 5.32 Å². The maximum atomic E-state index is 11.6. The molecule has 0 aromatic rings. The zero-order chi connectivity index (χ0) is 10.5. The Morgan fingerprint density at radius 1 is 1.69 bits per heavy atom. The molecule has 78 valence electrons. The van der Waals surface area contributed by atoms with Crippen molar-refractivity contribution in [3.8, 4) is 0 Å². The number of rotatable bonds is 5. The highest BCUT2D eigenvalue weighted by Crippen LogP contribution is 2.19. The highest BCUT2D eigenvalue weighted by atomic mass is 16.3. The van der Waals surface area contributed by atoms with Crippen LogP contribution in [-0.2, 0) is 4.79 Å². The molecule has 1 amide bonds. The van der Waals surface area contributed by atoms with E-state index in [-0.39, 0.29) is 18.6 Å². The molecule has 0 bridgehead atoms. The number of carbonyl (C=O) groups is 1. The van der Waals surface area contributed by atoms with Crippen LogP contribution < -0.4 is 11.1 Å². The molecule has 0 rings (SSSR count).